The first-order valence-corrected chi connectivity index (χ1v) is 6.88. The van der Waals surface area contributed by atoms with Gasteiger partial charge in [0, 0.05) is 12.6 Å². The highest BCUT2D eigenvalue weighted by molar-refractivity contribution is 6.01. The van der Waals surface area contributed by atoms with Gasteiger partial charge in [-0.1, -0.05) is 6.92 Å². The van der Waals surface area contributed by atoms with Crippen molar-refractivity contribution in [2.24, 2.45) is 0 Å². The number of Topliss-reactive ketones (excluding diaryl/α,β-unsaturated/α-hetero) is 1. The fourth-order valence-corrected chi connectivity index (χ4v) is 1.92. The fourth-order valence-electron chi connectivity index (χ4n) is 1.92. The second kappa shape index (κ2) is 6.47. The maximum absolute atomic E-state index is 12.4. The zero-order valence-corrected chi connectivity index (χ0v) is 12.4. The number of fused-ring (bicyclic) bond motifs is 1. The minimum absolute atomic E-state index is 0.159. The smallest absolute Gasteiger partial charge is 0.410 e. The summed E-state index contributed by atoms with van der Waals surface area (Å²) in [5.41, 5.74) is 0.474. The van der Waals surface area contributed by atoms with Crippen LogP contribution in [-0.2, 0) is 4.74 Å². The maximum atomic E-state index is 12.4. The van der Waals surface area contributed by atoms with Gasteiger partial charge in [-0.2, -0.15) is 0 Å². The van der Waals surface area contributed by atoms with Gasteiger partial charge in [0.25, 0.3) is 0 Å². The van der Waals surface area contributed by atoms with Crippen LogP contribution >= 0.6 is 0 Å². The molecular formula is C15H19NO5. The number of amides is 1. The summed E-state index contributed by atoms with van der Waals surface area (Å²) in [5, 5.41) is 0. The average Bonchev–Trinajstić information content (AvgIpc) is 2.97. The number of rotatable bonds is 5. The van der Waals surface area contributed by atoms with Crippen molar-refractivity contribution in [2.45, 2.75) is 26.3 Å². The first-order chi connectivity index (χ1) is 10.0. The Bertz CT molecular complexity index is 543. The minimum atomic E-state index is -0.616. The van der Waals surface area contributed by atoms with Gasteiger partial charge >= 0.3 is 6.09 Å². The maximum Gasteiger partial charge on any atom is 0.410 e. The van der Waals surface area contributed by atoms with Crippen LogP contribution in [-0.4, -0.2) is 43.3 Å². The molecule has 1 amide bonds. The molecule has 1 aromatic rings. The van der Waals surface area contributed by atoms with Gasteiger partial charge in [0.1, 0.15) is 0 Å². The largest absolute Gasteiger partial charge is 0.454 e. The molecule has 1 heterocycles. The van der Waals surface area contributed by atoms with Gasteiger partial charge in [0.2, 0.25) is 6.79 Å². The molecule has 0 aromatic heterocycles. The number of benzene rings is 1. The van der Waals surface area contributed by atoms with Crippen molar-refractivity contribution in [3.8, 4) is 11.5 Å². The number of likely N-dealkylation sites (N-methyl/N-ethyl adjacent to an activating group) is 1. The molecule has 0 bridgehead atoms. The lowest BCUT2D eigenvalue weighted by Gasteiger charge is -2.23. The molecule has 0 aliphatic carbocycles. The van der Waals surface area contributed by atoms with Crippen LogP contribution in [0.2, 0.25) is 0 Å². The molecule has 0 saturated carbocycles. The fraction of sp³-hybridized carbons (Fsp3) is 0.467. The summed E-state index contributed by atoms with van der Waals surface area (Å²) in [7, 11) is 1.55. The van der Waals surface area contributed by atoms with E-state index in [1.165, 1.54) is 4.90 Å². The predicted molar refractivity (Wildman–Crippen MR) is 75.8 cm³/mol. The third-order valence-corrected chi connectivity index (χ3v) is 3.34. The topological polar surface area (TPSA) is 65.1 Å². The number of nitrogens with zero attached hydrogens (tertiary/aromatic N) is 1. The summed E-state index contributed by atoms with van der Waals surface area (Å²) >= 11 is 0. The molecule has 1 unspecified atom stereocenters. The molecule has 0 spiro atoms. The molecule has 1 aliphatic heterocycles. The summed E-state index contributed by atoms with van der Waals surface area (Å²) in [6.45, 7) is 4.08. The zero-order chi connectivity index (χ0) is 15.4. The Balaban J connectivity index is 2.06. The molecule has 0 saturated heterocycles. The van der Waals surface area contributed by atoms with Gasteiger partial charge in [0.15, 0.2) is 17.3 Å². The summed E-state index contributed by atoms with van der Waals surface area (Å²) in [6.07, 6.45) is 0.239. The van der Waals surface area contributed by atoms with Crippen LogP contribution in [0.15, 0.2) is 18.2 Å². The van der Waals surface area contributed by atoms with Crippen molar-refractivity contribution in [2.75, 3.05) is 20.4 Å². The monoisotopic (exact) mass is 293 g/mol. The normalized spacial score (nSPS) is 13.7. The molecule has 1 atom stereocenters. The van der Waals surface area contributed by atoms with E-state index < -0.39 is 12.1 Å². The Hall–Kier alpha value is -2.24. The molecule has 6 nitrogen and oxygen atoms in total. The standard InChI is InChI=1S/C15H19NO5/c1-4-7-19-15(18)16(3)10(2)14(17)11-5-6-12-13(8-11)21-9-20-12/h5-6,8,10H,4,7,9H2,1-3H3. The molecule has 0 N–H and O–H groups in total. The highest BCUT2D eigenvalue weighted by Crippen LogP contribution is 2.32. The van der Waals surface area contributed by atoms with E-state index in [1.807, 2.05) is 6.92 Å². The molecule has 114 valence electrons. The van der Waals surface area contributed by atoms with Gasteiger partial charge in [-0.25, -0.2) is 4.79 Å². The first kappa shape index (κ1) is 15.2. The second-order valence-electron chi connectivity index (χ2n) is 4.83. The third kappa shape index (κ3) is 3.26. The number of carbonyl (C=O) groups excluding carboxylic acids is 2. The van der Waals surface area contributed by atoms with Crippen LogP contribution in [0, 0.1) is 0 Å². The van der Waals surface area contributed by atoms with Gasteiger partial charge in [-0.05, 0) is 31.5 Å². The number of carbonyl (C=O) groups is 2. The lowest BCUT2D eigenvalue weighted by atomic mass is 10.0. The summed E-state index contributed by atoms with van der Waals surface area (Å²) in [5.74, 6) is 0.989. The number of hydrogen-bond donors (Lipinski definition) is 0. The van der Waals surface area contributed by atoms with E-state index in [9.17, 15) is 9.59 Å². The van der Waals surface area contributed by atoms with E-state index in [-0.39, 0.29) is 12.6 Å². The van der Waals surface area contributed by atoms with Crippen LogP contribution < -0.4 is 9.47 Å². The van der Waals surface area contributed by atoms with Crippen LogP contribution in [0.1, 0.15) is 30.6 Å². The highest BCUT2D eigenvalue weighted by Gasteiger charge is 2.26. The van der Waals surface area contributed by atoms with Crippen LogP contribution in [0.3, 0.4) is 0 Å². The Labute approximate surface area is 123 Å². The van der Waals surface area contributed by atoms with Crippen LogP contribution in [0.5, 0.6) is 11.5 Å². The van der Waals surface area contributed by atoms with E-state index in [1.54, 1.807) is 32.2 Å². The SMILES string of the molecule is CCCOC(=O)N(C)C(C)C(=O)c1ccc2c(c1)OCO2. The summed E-state index contributed by atoms with van der Waals surface area (Å²) < 4.78 is 15.5. The predicted octanol–water partition coefficient (Wildman–Crippen LogP) is 2.46. The number of ketones is 1. The van der Waals surface area contributed by atoms with E-state index in [0.717, 1.165) is 6.42 Å². The summed E-state index contributed by atoms with van der Waals surface area (Å²) in [6, 6.07) is 4.37. The molecular weight excluding hydrogens is 274 g/mol. The van der Waals surface area contributed by atoms with Crippen molar-refractivity contribution in [1.82, 2.24) is 4.90 Å². The average molecular weight is 293 g/mol. The van der Waals surface area contributed by atoms with Crippen molar-refractivity contribution < 1.29 is 23.8 Å². The molecule has 1 aromatic carbocycles. The molecule has 0 radical (unpaired) electrons. The van der Waals surface area contributed by atoms with Crippen molar-refractivity contribution in [3.05, 3.63) is 23.8 Å². The van der Waals surface area contributed by atoms with Gasteiger partial charge in [-0.3, -0.25) is 4.79 Å². The molecule has 21 heavy (non-hydrogen) atoms. The first-order valence-electron chi connectivity index (χ1n) is 6.88. The Morgan fingerprint density at radius 3 is 2.76 bits per heavy atom. The minimum Gasteiger partial charge on any atom is -0.454 e. The highest BCUT2D eigenvalue weighted by atomic mass is 16.7. The molecule has 2 rings (SSSR count). The number of ether oxygens (including phenoxy) is 3. The Morgan fingerprint density at radius 2 is 2.05 bits per heavy atom. The van der Waals surface area contributed by atoms with Crippen LogP contribution in [0.4, 0.5) is 4.79 Å². The van der Waals surface area contributed by atoms with E-state index in [2.05, 4.69) is 0 Å². The van der Waals surface area contributed by atoms with Crippen molar-refractivity contribution in [1.29, 1.82) is 0 Å². The van der Waals surface area contributed by atoms with Gasteiger partial charge < -0.3 is 19.1 Å². The summed E-state index contributed by atoms with van der Waals surface area (Å²) in [4.78, 5) is 25.5. The third-order valence-electron chi connectivity index (χ3n) is 3.34. The molecule has 0 fully saturated rings. The number of hydrogen-bond acceptors (Lipinski definition) is 5. The van der Waals surface area contributed by atoms with E-state index in [0.29, 0.717) is 23.7 Å². The van der Waals surface area contributed by atoms with Crippen LogP contribution in [0.25, 0.3) is 0 Å². The Kier molecular flexibility index (Phi) is 4.67. The van der Waals surface area contributed by atoms with Crippen molar-refractivity contribution in [3.63, 3.8) is 0 Å². The van der Waals surface area contributed by atoms with Crippen molar-refractivity contribution >= 4 is 11.9 Å². The quantitative estimate of drug-likeness (QED) is 0.780. The van der Waals surface area contributed by atoms with Gasteiger partial charge in [0.05, 0.1) is 12.6 Å². The molecule has 6 heteroatoms. The lowest BCUT2D eigenvalue weighted by Crippen LogP contribution is -2.40. The second-order valence-corrected chi connectivity index (χ2v) is 4.83. The van der Waals surface area contributed by atoms with E-state index in [4.69, 9.17) is 14.2 Å². The Morgan fingerprint density at radius 1 is 1.33 bits per heavy atom. The lowest BCUT2D eigenvalue weighted by molar-refractivity contribution is 0.0763. The van der Waals surface area contributed by atoms with Gasteiger partial charge in [-0.15, -0.1) is 0 Å². The molecule has 1 aliphatic rings. The van der Waals surface area contributed by atoms with E-state index >= 15 is 0 Å². The zero-order valence-electron chi connectivity index (χ0n) is 12.4.